The number of ether oxygens (including phenoxy) is 1. The Balaban J connectivity index is 2.04. The van der Waals surface area contributed by atoms with Gasteiger partial charge >= 0.3 is 5.97 Å². The fraction of sp³-hybridized carbons (Fsp3) is 0.296. The Morgan fingerprint density at radius 1 is 1.15 bits per heavy atom. The van der Waals surface area contributed by atoms with Crippen LogP contribution in [0.2, 0.25) is 10.0 Å². The van der Waals surface area contributed by atoms with E-state index in [4.69, 9.17) is 27.9 Å². The third-order valence-electron chi connectivity index (χ3n) is 6.20. The maximum Gasteiger partial charge on any atom is 0.356 e. The highest BCUT2D eigenvalue weighted by Gasteiger charge is 2.33. The van der Waals surface area contributed by atoms with Crippen molar-refractivity contribution >= 4 is 40.8 Å². The lowest BCUT2D eigenvalue weighted by Gasteiger charge is -2.24. The number of hydrogen-bond donors (Lipinski definition) is 2. The number of carbonyl (C=O) groups is 1. The number of carboxylic acid groups (broad SMARTS) is 1. The van der Waals surface area contributed by atoms with Gasteiger partial charge in [0.25, 0.3) is 5.56 Å². The van der Waals surface area contributed by atoms with Crippen molar-refractivity contribution < 1.29 is 14.6 Å². The van der Waals surface area contributed by atoms with Crippen molar-refractivity contribution in [3.8, 4) is 11.6 Å². The number of nitrogens with zero attached hydrogens (tertiary/aromatic N) is 6. The molecule has 0 aliphatic carbocycles. The maximum absolute atomic E-state index is 13.1. The van der Waals surface area contributed by atoms with Crippen LogP contribution in [0.15, 0.2) is 47.5 Å². The van der Waals surface area contributed by atoms with Crippen LogP contribution in [0, 0.1) is 0 Å². The first-order chi connectivity index (χ1) is 18.9. The van der Waals surface area contributed by atoms with Gasteiger partial charge in [-0.25, -0.2) is 14.5 Å². The number of aromatic nitrogens is 5. The first kappa shape index (κ1) is 28.9. The zero-order valence-corrected chi connectivity index (χ0v) is 24.3. The summed E-state index contributed by atoms with van der Waals surface area (Å²) in [7, 11) is 6.65. The molecule has 0 saturated heterocycles. The Morgan fingerprint density at radius 3 is 2.40 bits per heavy atom. The highest BCUT2D eigenvalue weighted by Crippen LogP contribution is 2.38. The first-order valence-electron chi connectivity index (χ1n) is 12.3. The molecule has 11 nitrogen and oxygen atoms in total. The largest absolute Gasteiger partial charge is 0.479 e. The summed E-state index contributed by atoms with van der Waals surface area (Å²) in [6.07, 6.45) is 3.03. The van der Waals surface area contributed by atoms with Gasteiger partial charge in [-0.15, -0.1) is 0 Å². The van der Waals surface area contributed by atoms with Crippen molar-refractivity contribution in [2.24, 2.45) is 7.05 Å². The molecule has 0 amide bonds. The molecule has 0 aliphatic heterocycles. The highest BCUT2D eigenvalue weighted by molar-refractivity contribution is 6.31. The molecule has 0 bridgehead atoms. The van der Waals surface area contributed by atoms with Crippen molar-refractivity contribution in [3.63, 3.8) is 0 Å². The monoisotopic (exact) mass is 585 g/mol. The Labute approximate surface area is 241 Å². The second-order valence-corrected chi connectivity index (χ2v) is 10.5. The van der Waals surface area contributed by atoms with Gasteiger partial charge in [0.05, 0.1) is 30.1 Å². The summed E-state index contributed by atoms with van der Waals surface area (Å²) >= 11 is 12.4. The number of rotatable bonds is 9. The summed E-state index contributed by atoms with van der Waals surface area (Å²) in [5, 5.41) is 18.9. The molecule has 1 atom stereocenters. The minimum absolute atomic E-state index is 0.185. The SMILES string of the molecule is COc1nc(N(C)C)ncc1-n1nc(C(=O)O)c(C(Nc2cc(Cl)cn(C)c2=O)c2ccc(Cl)cc2)c1C(C)C. The van der Waals surface area contributed by atoms with E-state index in [1.165, 1.54) is 34.8 Å². The van der Waals surface area contributed by atoms with Crippen LogP contribution in [0.25, 0.3) is 5.69 Å². The van der Waals surface area contributed by atoms with Gasteiger partial charge in [-0.3, -0.25) is 4.79 Å². The Bertz CT molecular complexity index is 1610. The number of aromatic carboxylic acids is 1. The van der Waals surface area contributed by atoms with E-state index in [1.807, 2.05) is 13.8 Å². The zero-order chi connectivity index (χ0) is 29.3. The minimum Gasteiger partial charge on any atom is -0.479 e. The van der Waals surface area contributed by atoms with Gasteiger partial charge in [0, 0.05) is 37.9 Å². The van der Waals surface area contributed by atoms with Crippen LogP contribution in [0.5, 0.6) is 5.88 Å². The van der Waals surface area contributed by atoms with Crippen LogP contribution in [0.1, 0.15) is 53.1 Å². The van der Waals surface area contributed by atoms with Crippen LogP contribution in [-0.2, 0) is 7.05 Å². The number of hydrogen-bond acceptors (Lipinski definition) is 8. The van der Waals surface area contributed by atoms with E-state index in [2.05, 4.69) is 20.4 Å². The van der Waals surface area contributed by atoms with Crippen molar-refractivity contribution in [3.05, 3.63) is 85.6 Å². The molecule has 210 valence electrons. The molecule has 4 aromatic rings. The van der Waals surface area contributed by atoms with Crippen LogP contribution in [-0.4, -0.2) is 56.6 Å². The van der Waals surface area contributed by atoms with Crippen molar-refractivity contribution in [2.75, 3.05) is 31.4 Å². The molecule has 3 aromatic heterocycles. The fourth-order valence-electron chi connectivity index (χ4n) is 4.39. The number of benzene rings is 1. The summed E-state index contributed by atoms with van der Waals surface area (Å²) in [6, 6.07) is 7.59. The average molecular weight is 586 g/mol. The van der Waals surface area contributed by atoms with Gasteiger partial charge in [-0.2, -0.15) is 10.1 Å². The number of halogens is 2. The van der Waals surface area contributed by atoms with Crippen molar-refractivity contribution in [1.29, 1.82) is 0 Å². The number of nitrogens with one attached hydrogen (secondary N) is 1. The molecule has 0 aliphatic rings. The quantitative estimate of drug-likeness (QED) is 0.285. The Morgan fingerprint density at radius 2 is 1.82 bits per heavy atom. The summed E-state index contributed by atoms with van der Waals surface area (Å²) < 4.78 is 8.39. The van der Waals surface area contributed by atoms with Gasteiger partial charge in [0.2, 0.25) is 11.8 Å². The van der Waals surface area contributed by atoms with Gasteiger partial charge < -0.3 is 24.6 Å². The standard InChI is InChI=1S/C27H29Cl2N7O4/c1-14(2)23-20(22(26(38)39)33-36(23)19-12-30-27(34(3)4)32-24(19)40-6)21(15-7-9-16(28)10-8-15)31-18-11-17(29)13-35(5)25(18)37/h7-14,21,31H,1-6H3,(H,38,39). The van der Waals surface area contributed by atoms with E-state index in [1.54, 1.807) is 50.3 Å². The zero-order valence-electron chi connectivity index (χ0n) is 22.8. The van der Waals surface area contributed by atoms with E-state index in [9.17, 15) is 14.7 Å². The van der Waals surface area contributed by atoms with Gasteiger partial charge in [0.15, 0.2) is 5.69 Å². The number of anilines is 2. The van der Waals surface area contributed by atoms with E-state index in [-0.39, 0.29) is 28.7 Å². The summed E-state index contributed by atoms with van der Waals surface area (Å²) in [5.74, 6) is -0.853. The van der Waals surface area contributed by atoms with Crippen LogP contribution in [0.4, 0.5) is 11.6 Å². The lowest BCUT2D eigenvalue weighted by Crippen LogP contribution is -2.25. The average Bonchev–Trinajstić information content (AvgIpc) is 3.31. The smallest absolute Gasteiger partial charge is 0.356 e. The molecule has 2 N–H and O–H groups in total. The molecular weight excluding hydrogens is 557 g/mol. The Kier molecular flexibility index (Phi) is 8.36. The normalized spacial score (nSPS) is 11.9. The highest BCUT2D eigenvalue weighted by atomic mass is 35.5. The molecule has 0 spiro atoms. The first-order valence-corrected chi connectivity index (χ1v) is 13.0. The van der Waals surface area contributed by atoms with Crippen LogP contribution >= 0.6 is 23.2 Å². The van der Waals surface area contributed by atoms with E-state index < -0.39 is 12.0 Å². The molecule has 40 heavy (non-hydrogen) atoms. The second kappa shape index (κ2) is 11.6. The summed E-state index contributed by atoms with van der Waals surface area (Å²) in [4.78, 5) is 36.3. The predicted molar refractivity (Wildman–Crippen MR) is 155 cm³/mol. The molecular formula is C27H29Cl2N7O4. The lowest BCUT2D eigenvalue weighted by molar-refractivity contribution is 0.0688. The van der Waals surface area contributed by atoms with Gasteiger partial charge in [0.1, 0.15) is 11.4 Å². The lowest BCUT2D eigenvalue weighted by atomic mass is 9.92. The van der Waals surface area contributed by atoms with E-state index in [0.29, 0.717) is 38.5 Å². The van der Waals surface area contributed by atoms with E-state index >= 15 is 0 Å². The number of pyridine rings is 1. The number of methoxy groups -OCH3 is 1. The molecule has 3 heterocycles. The maximum atomic E-state index is 13.1. The van der Waals surface area contributed by atoms with E-state index in [0.717, 1.165) is 0 Å². The molecule has 1 aromatic carbocycles. The van der Waals surface area contributed by atoms with Gasteiger partial charge in [-0.05, 0) is 29.7 Å². The Hall–Kier alpha value is -4.09. The predicted octanol–water partition coefficient (Wildman–Crippen LogP) is 4.77. The topological polar surface area (TPSA) is 127 Å². The number of carboxylic acids is 1. The molecule has 0 saturated carbocycles. The molecule has 13 heteroatoms. The molecule has 1 unspecified atom stereocenters. The summed E-state index contributed by atoms with van der Waals surface area (Å²) in [5.41, 5.74) is 1.56. The number of aryl methyl sites for hydroxylation is 1. The van der Waals surface area contributed by atoms with Crippen molar-refractivity contribution in [1.82, 2.24) is 24.3 Å². The van der Waals surface area contributed by atoms with Crippen molar-refractivity contribution in [2.45, 2.75) is 25.8 Å². The van der Waals surface area contributed by atoms with Crippen LogP contribution < -0.4 is 20.5 Å². The summed E-state index contributed by atoms with van der Waals surface area (Å²) in [6.45, 7) is 3.84. The second-order valence-electron chi connectivity index (χ2n) is 9.60. The third-order valence-corrected chi connectivity index (χ3v) is 6.65. The molecule has 0 fully saturated rings. The minimum atomic E-state index is -1.25. The van der Waals surface area contributed by atoms with Crippen LogP contribution in [0.3, 0.4) is 0 Å². The fourth-order valence-corrected chi connectivity index (χ4v) is 4.78. The molecule has 0 radical (unpaired) electrons. The van der Waals surface area contributed by atoms with Gasteiger partial charge in [-0.1, -0.05) is 49.2 Å². The third kappa shape index (κ3) is 5.61. The molecule has 4 rings (SSSR count).